The molecule has 0 radical (unpaired) electrons. The minimum absolute atomic E-state index is 0. The van der Waals surface area contributed by atoms with Gasteiger partial charge in [-0.05, 0) is 19.1 Å². The Morgan fingerprint density at radius 3 is 2.44 bits per heavy atom. The van der Waals surface area contributed by atoms with Gasteiger partial charge in [-0.15, -0.1) is 0 Å². The first kappa shape index (κ1) is 12.5. The Morgan fingerprint density at radius 2 is 1.81 bits per heavy atom. The van der Waals surface area contributed by atoms with E-state index in [1.54, 1.807) is 6.07 Å². The lowest BCUT2D eigenvalue weighted by Gasteiger charge is -1.99. The fourth-order valence-electron chi connectivity index (χ4n) is 1.43. The minimum atomic E-state index is -0.110. The van der Waals surface area contributed by atoms with Gasteiger partial charge in [-0.3, -0.25) is 0 Å². The molecule has 84 valence electrons. The normalized spacial score (nSPS) is 9.56. The molecule has 0 spiro atoms. The third kappa shape index (κ3) is 2.52. The first-order chi connectivity index (χ1) is 7.16. The van der Waals surface area contributed by atoms with E-state index in [2.05, 4.69) is 0 Å². The third-order valence-electron chi connectivity index (χ3n) is 2.21. The summed E-state index contributed by atoms with van der Waals surface area (Å²) < 4.78 is 1.88. The molecular weight excluding hydrogens is 270 g/mol. The number of hydrogen-bond acceptors (Lipinski definition) is 2. The van der Waals surface area contributed by atoms with Crippen molar-refractivity contribution in [1.82, 2.24) is 0 Å². The fraction of sp³-hybridized carbons (Fsp3) is 0.0833. The molecule has 1 aromatic heterocycles. The minimum Gasteiger partial charge on any atom is -1.00 e. The van der Waals surface area contributed by atoms with Crippen LogP contribution < -0.4 is 21.5 Å². The SMILES string of the molecule is Cc1ccc[n+](-c2ccc(O)c(O)c2)c1.[Br-]. The van der Waals surface area contributed by atoms with Crippen molar-refractivity contribution in [2.45, 2.75) is 6.92 Å². The molecule has 16 heavy (non-hydrogen) atoms. The summed E-state index contributed by atoms with van der Waals surface area (Å²) in [5.41, 5.74) is 1.94. The van der Waals surface area contributed by atoms with Crippen LogP contribution in [0.5, 0.6) is 11.5 Å². The largest absolute Gasteiger partial charge is 1.00 e. The van der Waals surface area contributed by atoms with Crippen molar-refractivity contribution >= 4 is 0 Å². The number of aromatic nitrogens is 1. The lowest BCUT2D eigenvalue weighted by molar-refractivity contribution is -0.596. The number of aryl methyl sites for hydroxylation is 1. The average Bonchev–Trinajstić information content (AvgIpc) is 2.22. The summed E-state index contributed by atoms with van der Waals surface area (Å²) in [4.78, 5) is 0. The Balaban J connectivity index is 0.00000128. The van der Waals surface area contributed by atoms with Gasteiger partial charge in [0.25, 0.3) is 0 Å². The molecule has 2 aromatic rings. The summed E-state index contributed by atoms with van der Waals surface area (Å²) in [6, 6.07) is 8.67. The van der Waals surface area contributed by atoms with E-state index in [4.69, 9.17) is 0 Å². The summed E-state index contributed by atoms with van der Waals surface area (Å²) in [5.74, 6) is -0.214. The summed E-state index contributed by atoms with van der Waals surface area (Å²) in [7, 11) is 0. The maximum Gasteiger partial charge on any atom is 0.214 e. The van der Waals surface area contributed by atoms with Crippen LogP contribution in [0.2, 0.25) is 0 Å². The van der Waals surface area contributed by atoms with Gasteiger partial charge in [0, 0.05) is 17.7 Å². The Hall–Kier alpha value is -1.55. The molecule has 0 fully saturated rings. The Bertz CT molecular complexity index is 500. The molecule has 0 amide bonds. The molecule has 0 unspecified atom stereocenters. The van der Waals surface area contributed by atoms with Crippen molar-refractivity contribution in [2.24, 2.45) is 0 Å². The summed E-state index contributed by atoms with van der Waals surface area (Å²) >= 11 is 0. The van der Waals surface area contributed by atoms with E-state index >= 15 is 0 Å². The van der Waals surface area contributed by atoms with Crippen molar-refractivity contribution < 1.29 is 31.8 Å². The molecule has 0 saturated carbocycles. The zero-order valence-corrected chi connectivity index (χ0v) is 10.3. The van der Waals surface area contributed by atoms with Gasteiger partial charge >= 0.3 is 0 Å². The van der Waals surface area contributed by atoms with Crippen LogP contribution in [0, 0.1) is 6.92 Å². The lowest BCUT2D eigenvalue weighted by atomic mass is 10.2. The second kappa shape index (κ2) is 4.99. The van der Waals surface area contributed by atoms with Crippen molar-refractivity contribution in [1.29, 1.82) is 0 Å². The molecule has 0 aliphatic heterocycles. The molecule has 2 N–H and O–H groups in total. The van der Waals surface area contributed by atoms with Gasteiger partial charge in [0.05, 0.1) is 6.07 Å². The highest BCUT2D eigenvalue weighted by molar-refractivity contribution is 5.43. The van der Waals surface area contributed by atoms with Gasteiger partial charge in [-0.2, -0.15) is 4.57 Å². The summed E-state index contributed by atoms with van der Waals surface area (Å²) in [6.07, 6.45) is 3.84. The number of halogens is 1. The van der Waals surface area contributed by atoms with Gasteiger partial charge < -0.3 is 27.2 Å². The van der Waals surface area contributed by atoms with Gasteiger partial charge in [0.15, 0.2) is 23.9 Å². The van der Waals surface area contributed by atoms with Gasteiger partial charge in [0.2, 0.25) is 5.69 Å². The Labute approximate surface area is 104 Å². The predicted octanol–water partition coefficient (Wildman–Crippen LogP) is -1.31. The standard InChI is InChI=1S/C12H11NO2.BrH/c1-9-3-2-6-13(8-9)10-4-5-11(14)12(15)7-10;/h2-8H,1H3,(H-,14,15);1H. The van der Waals surface area contributed by atoms with Crippen LogP contribution in [0.4, 0.5) is 0 Å². The number of pyridine rings is 1. The van der Waals surface area contributed by atoms with E-state index in [-0.39, 0.29) is 28.5 Å². The lowest BCUT2D eigenvalue weighted by Crippen LogP contribution is -3.00. The molecule has 0 bridgehead atoms. The van der Waals surface area contributed by atoms with Crippen LogP contribution in [-0.2, 0) is 0 Å². The number of rotatable bonds is 1. The smallest absolute Gasteiger partial charge is 0.214 e. The first-order valence-electron chi connectivity index (χ1n) is 4.67. The van der Waals surface area contributed by atoms with E-state index in [1.807, 2.05) is 36.0 Å². The van der Waals surface area contributed by atoms with Crippen molar-refractivity contribution in [2.75, 3.05) is 0 Å². The number of phenols is 2. The van der Waals surface area contributed by atoms with E-state index in [1.165, 1.54) is 12.1 Å². The van der Waals surface area contributed by atoms with Gasteiger partial charge in [-0.1, -0.05) is 0 Å². The van der Waals surface area contributed by atoms with Crippen LogP contribution in [0.15, 0.2) is 42.7 Å². The molecule has 0 aliphatic carbocycles. The highest BCUT2D eigenvalue weighted by atomic mass is 79.9. The maximum absolute atomic E-state index is 9.37. The van der Waals surface area contributed by atoms with E-state index in [0.29, 0.717) is 0 Å². The van der Waals surface area contributed by atoms with Crippen LogP contribution in [-0.4, -0.2) is 10.2 Å². The molecule has 4 heteroatoms. The van der Waals surface area contributed by atoms with E-state index in [9.17, 15) is 10.2 Å². The quantitative estimate of drug-likeness (QED) is 0.504. The molecular formula is C12H12BrNO2. The number of phenolic OH excluding ortho intramolecular Hbond substituents is 2. The molecule has 3 nitrogen and oxygen atoms in total. The first-order valence-corrected chi connectivity index (χ1v) is 4.67. The number of nitrogens with zero attached hydrogens (tertiary/aromatic N) is 1. The highest BCUT2D eigenvalue weighted by Crippen LogP contribution is 2.24. The highest BCUT2D eigenvalue weighted by Gasteiger charge is 2.08. The molecule has 2 rings (SSSR count). The second-order valence-corrected chi connectivity index (χ2v) is 3.46. The van der Waals surface area contributed by atoms with Crippen LogP contribution in [0.3, 0.4) is 0 Å². The zero-order valence-electron chi connectivity index (χ0n) is 8.76. The Kier molecular flexibility index (Phi) is 3.90. The molecule has 0 atom stereocenters. The Morgan fingerprint density at radius 1 is 1.06 bits per heavy atom. The molecule has 0 saturated heterocycles. The van der Waals surface area contributed by atoms with Crippen LogP contribution in [0.1, 0.15) is 5.56 Å². The van der Waals surface area contributed by atoms with Crippen molar-refractivity contribution in [3.8, 4) is 17.2 Å². The molecule has 1 heterocycles. The van der Waals surface area contributed by atoms with Gasteiger partial charge in [-0.25, -0.2) is 0 Å². The summed E-state index contributed by atoms with van der Waals surface area (Å²) in [5, 5.41) is 18.6. The number of hydrogen-bond donors (Lipinski definition) is 2. The second-order valence-electron chi connectivity index (χ2n) is 3.46. The van der Waals surface area contributed by atoms with E-state index < -0.39 is 0 Å². The number of benzene rings is 1. The maximum atomic E-state index is 9.37. The number of aromatic hydroxyl groups is 2. The predicted molar refractivity (Wildman–Crippen MR) is 56.0 cm³/mol. The third-order valence-corrected chi connectivity index (χ3v) is 2.21. The van der Waals surface area contributed by atoms with Crippen LogP contribution in [0.25, 0.3) is 5.69 Å². The summed E-state index contributed by atoms with van der Waals surface area (Å²) in [6.45, 7) is 2.00. The monoisotopic (exact) mass is 281 g/mol. The fourth-order valence-corrected chi connectivity index (χ4v) is 1.43. The van der Waals surface area contributed by atoms with Crippen molar-refractivity contribution in [3.05, 3.63) is 48.3 Å². The van der Waals surface area contributed by atoms with Crippen LogP contribution >= 0.6 is 0 Å². The van der Waals surface area contributed by atoms with E-state index in [0.717, 1.165) is 11.3 Å². The van der Waals surface area contributed by atoms with Gasteiger partial charge in [0.1, 0.15) is 0 Å². The van der Waals surface area contributed by atoms with Crippen molar-refractivity contribution in [3.63, 3.8) is 0 Å². The topological polar surface area (TPSA) is 44.3 Å². The molecule has 1 aromatic carbocycles. The zero-order chi connectivity index (χ0) is 10.8. The molecule has 0 aliphatic rings. The average molecular weight is 282 g/mol.